The Morgan fingerprint density at radius 2 is 2.00 bits per heavy atom. The molecule has 0 fully saturated rings. The molecule has 16 heavy (non-hydrogen) atoms. The van der Waals surface area contributed by atoms with Gasteiger partial charge >= 0.3 is 0 Å². The van der Waals surface area contributed by atoms with Gasteiger partial charge in [0.05, 0.1) is 18.2 Å². The van der Waals surface area contributed by atoms with Crippen LogP contribution in [0.2, 0.25) is 0 Å². The normalized spacial score (nSPS) is 12.7. The van der Waals surface area contributed by atoms with Crippen LogP contribution in [-0.2, 0) is 6.54 Å². The van der Waals surface area contributed by atoms with Crippen molar-refractivity contribution in [3.05, 3.63) is 53.6 Å². The topological polar surface area (TPSA) is 38.0 Å². The van der Waals surface area contributed by atoms with Gasteiger partial charge in [-0.25, -0.2) is 4.98 Å². The molecule has 1 aromatic heterocycles. The second-order valence-corrected chi connectivity index (χ2v) is 3.92. The lowest BCUT2D eigenvalue weighted by Crippen LogP contribution is -2.07. The Morgan fingerprint density at radius 1 is 1.31 bits per heavy atom. The molecule has 0 aliphatic carbocycles. The van der Waals surface area contributed by atoms with E-state index in [1.807, 2.05) is 42.7 Å². The second-order valence-electron chi connectivity index (χ2n) is 3.92. The van der Waals surface area contributed by atoms with Gasteiger partial charge in [0.25, 0.3) is 0 Å². The fourth-order valence-electron chi connectivity index (χ4n) is 1.74. The zero-order valence-corrected chi connectivity index (χ0v) is 9.59. The van der Waals surface area contributed by atoms with Gasteiger partial charge in [-0.3, -0.25) is 0 Å². The minimum Gasteiger partial charge on any atom is -0.382 e. The van der Waals surface area contributed by atoms with Crippen molar-refractivity contribution in [1.29, 1.82) is 0 Å². The van der Waals surface area contributed by atoms with Crippen LogP contribution in [0.4, 0.5) is 0 Å². The van der Waals surface area contributed by atoms with E-state index in [0.717, 1.165) is 17.8 Å². The van der Waals surface area contributed by atoms with E-state index in [2.05, 4.69) is 4.98 Å². The van der Waals surface area contributed by atoms with Crippen molar-refractivity contribution in [3.63, 3.8) is 0 Å². The zero-order valence-electron chi connectivity index (χ0n) is 9.59. The fraction of sp³-hybridized carbons (Fsp3) is 0.308. The van der Waals surface area contributed by atoms with Crippen LogP contribution < -0.4 is 0 Å². The van der Waals surface area contributed by atoms with Crippen LogP contribution >= 0.6 is 0 Å². The van der Waals surface area contributed by atoms with E-state index in [4.69, 9.17) is 0 Å². The predicted molar refractivity (Wildman–Crippen MR) is 63.1 cm³/mol. The summed E-state index contributed by atoms with van der Waals surface area (Å²) in [5.41, 5.74) is 2.94. The number of hydrogen-bond acceptors (Lipinski definition) is 2. The molecule has 2 aromatic rings. The van der Waals surface area contributed by atoms with Gasteiger partial charge in [0, 0.05) is 6.54 Å². The molecule has 0 spiro atoms. The number of hydrogen-bond donors (Lipinski definition) is 1. The SMILES string of the molecule is CCn1cncc1C(O)c1ccc(C)cc1. The lowest BCUT2D eigenvalue weighted by molar-refractivity contribution is 0.210. The van der Waals surface area contributed by atoms with Crippen molar-refractivity contribution >= 4 is 0 Å². The molecular weight excluding hydrogens is 200 g/mol. The molecule has 3 nitrogen and oxygen atoms in total. The minimum atomic E-state index is -0.594. The minimum absolute atomic E-state index is 0.594. The highest BCUT2D eigenvalue weighted by Crippen LogP contribution is 2.21. The lowest BCUT2D eigenvalue weighted by atomic mass is 10.1. The molecule has 0 saturated carbocycles. The average molecular weight is 216 g/mol. The van der Waals surface area contributed by atoms with Crippen molar-refractivity contribution in [3.8, 4) is 0 Å². The van der Waals surface area contributed by atoms with Crippen molar-refractivity contribution in [2.45, 2.75) is 26.5 Å². The van der Waals surface area contributed by atoms with Crippen LogP contribution in [0.25, 0.3) is 0 Å². The van der Waals surface area contributed by atoms with Gasteiger partial charge in [0.15, 0.2) is 0 Å². The summed E-state index contributed by atoms with van der Waals surface area (Å²) in [6.45, 7) is 4.89. The third kappa shape index (κ3) is 1.99. The van der Waals surface area contributed by atoms with Gasteiger partial charge in [0.1, 0.15) is 6.10 Å². The van der Waals surface area contributed by atoms with Crippen LogP contribution in [0.1, 0.15) is 29.8 Å². The number of rotatable bonds is 3. The van der Waals surface area contributed by atoms with Gasteiger partial charge in [0.2, 0.25) is 0 Å². The first kappa shape index (κ1) is 10.9. The summed E-state index contributed by atoms with van der Waals surface area (Å²) in [7, 11) is 0. The van der Waals surface area contributed by atoms with Crippen molar-refractivity contribution in [2.24, 2.45) is 0 Å². The summed E-state index contributed by atoms with van der Waals surface area (Å²) in [4.78, 5) is 4.06. The van der Waals surface area contributed by atoms with Crippen LogP contribution in [0.3, 0.4) is 0 Å². The molecule has 0 saturated heterocycles. The molecule has 2 rings (SSSR count). The van der Waals surface area contributed by atoms with Crippen LogP contribution in [-0.4, -0.2) is 14.7 Å². The largest absolute Gasteiger partial charge is 0.382 e. The highest BCUT2D eigenvalue weighted by atomic mass is 16.3. The smallest absolute Gasteiger partial charge is 0.121 e. The molecule has 1 heterocycles. The molecule has 1 N–H and O–H groups in total. The summed E-state index contributed by atoms with van der Waals surface area (Å²) in [6, 6.07) is 7.91. The van der Waals surface area contributed by atoms with Crippen molar-refractivity contribution in [2.75, 3.05) is 0 Å². The molecule has 0 radical (unpaired) electrons. The van der Waals surface area contributed by atoms with Crippen LogP contribution in [0.15, 0.2) is 36.8 Å². The molecule has 0 bridgehead atoms. The molecule has 0 amide bonds. The van der Waals surface area contributed by atoms with Crippen LogP contribution in [0, 0.1) is 6.92 Å². The van der Waals surface area contributed by atoms with E-state index < -0.39 is 6.10 Å². The Kier molecular flexibility index (Phi) is 3.06. The number of imidazole rings is 1. The monoisotopic (exact) mass is 216 g/mol. The Bertz CT molecular complexity index is 459. The maximum Gasteiger partial charge on any atom is 0.121 e. The number of aryl methyl sites for hydroxylation is 2. The summed E-state index contributed by atoms with van der Waals surface area (Å²) < 4.78 is 1.95. The molecule has 3 heteroatoms. The van der Waals surface area contributed by atoms with E-state index in [0.29, 0.717) is 0 Å². The Balaban J connectivity index is 2.31. The average Bonchev–Trinajstić information content (AvgIpc) is 2.77. The van der Waals surface area contributed by atoms with Gasteiger partial charge in [-0.05, 0) is 19.4 Å². The zero-order chi connectivity index (χ0) is 11.5. The maximum atomic E-state index is 10.2. The molecule has 1 unspecified atom stereocenters. The molecule has 1 atom stereocenters. The van der Waals surface area contributed by atoms with Gasteiger partial charge in [-0.2, -0.15) is 0 Å². The van der Waals surface area contributed by atoms with Gasteiger partial charge in [-0.1, -0.05) is 29.8 Å². The summed E-state index contributed by atoms with van der Waals surface area (Å²) in [5.74, 6) is 0. The Labute approximate surface area is 95.4 Å². The van der Waals surface area contributed by atoms with Crippen molar-refractivity contribution in [1.82, 2.24) is 9.55 Å². The molecule has 0 aliphatic heterocycles. The molecule has 84 valence electrons. The second kappa shape index (κ2) is 4.49. The number of aliphatic hydroxyl groups is 1. The summed E-state index contributed by atoms with van der Waals surface area (Å²) in [6.07, 6.45) is 2.86. The van der Waals surface area contributed by atoms with E-state index in [9.17, 15) is 5.11 Å². The number of nitrogens with zero attached hydrogens (tertiary/aromatic N) is 2. The van der Waals surface area contributed by atoms with Crippen LogP contribution in [0.5, 0.6) is 0 Å². The molecule has 1 aromatic carbocycles. The quantitative estimate of drug-likeness (QED) is 0.854. The first-order valence-electron chi connectivity index (χ1n) is 5.47. The van der Waals surface area contributed by atoms with E-state index >= 15 is 0 Å². The maximum absolute atomic E-state index is 10.2. The fourth-order valence-corrected chi connectivity index (χ4v) is 1.74. The summed E-state index contributed by atoms with van der Waals surface area (Å²) in [5, 5.41) is 10.2. The highest BCUT2D eigenvalue weighted by molar-refractivity contribution is 5.28. The highest BCUT2D eigenvalue weighted by Gasteiger charge is 2.13. The number of aromatic nitrogens is 2. The number of benzene rings is 1. The molecule has 0 aliphatic rings. The Hall–Kier alpha value is -1.61. The van der Waals surface area contributed by atoms with Gasteiger partial charge in [-0.15, -0.1) is 0 Å². The van der Waals surface area contributed by atoms with Crippen molar-refractivity contribution < 1.29 is 5.11 Å². The van der Waals surface area contributed by atoms with E-state index in [1.165, 1.54) is 5.56 Å². The van der Waals surface area contributed by atoms with E-state index in [-0.39, 0.29) is 0 Å². The lowest BCUT2D eigenvalue weighted by Gasteiger charge is -2.13. The molecular formula is C13H16N2O. The first-order valence-corrected chi connectivity index (χ1v) is 5.47. The first-order chi connectivity index (χ1) is 7.72. The predicted octanol–water partition coefficient (Wildman–Crippen LogP) is 2.29. The Morgan fingerprint density at radius 3 is 2.62 bits per heavy atom. The van der Waals surface area contributed by atoms with E-state index in [1.54, 1.807) is 12.5 Å². The summed E-state index contributed by atoms with van der Waals surface area (Å²) >= 11 is 0. The van der Waals surface area contributed by atoms with Gasteiger partial charge < -0.3 is 9.67 Å². The third-order valence-corrected chi connectivity index (χ3v) is 2.76. The number of aliphatic hydroxyl groups excluding tert-OH is 1. The third-order valence-electron chi connectivity index (χ3n) is 2.76. The standard InChI is InChI=1S/C13H16N2O/c1-3-15-9-14-8-12(15)13(16)11-6-4-10(2)5-7-11/h4-9,13,16H,3H2,1-2H3.